The lowest BCUT2D eigenvalue weighted by Gasteiger charge is -2.38. The highest BCUT2D eigenvalue weighted by atomic mass is 16.7. The van der Waals surface area contributed by atoms with Gasteiger partial charge in [-0.25, -0.2) is 0 Å². The summed E-state index contributed by atoms with van der Waals surface area (Å²) < 4.78 is 21.8. The topological polar surface area (TPSA) is 179 Å². The van der Waals surface area contributed by atoms with Crippen LogP contribution in [0.25, 0.3) is 22.3 Å². The maximum absolute atomic E-state index is 13.4. The molecule has 2 aromatic carbocycles. The van der Waals surface area contributed by atoms with Crippen molar-refractivity contribution in [3.8, 4) is 40.1 Å². The van der Waals surface area contributed by atoms with Gasteiger partial charge >= 0.3 is 0 Å². The molecule has 2 heterocycles. The molecular formula is C22H22O11. The molecule has 0 radical (unpaired) electrons. The lowest BCUT2D eigenvalue weighted by atomic mass is 10.00. The first-order chi connectivity index (χ1) is 15.6. The van der Waals surface area contributed by atoms with E-state index in [9.17, 15) is 35.4 Å². The Bertz CT molecular complexity index is 1230. The van der Waals surface area contributed by atoms with E-state index in [0.717, 1.165) is 6.07 Å². The maximum atomic E-state index is 13.4. The van der Waals surface area contributed by atoms with Gasteiger partial charge in [0.15, 0.2) is 17.3 Å². The van der Waals surface area contributed by atoms with Crippen LogP contribution in [0.3, 0.4) is 0 Å². The van der Waals surface area contributed by atoms with Crippen LogP contribution in [-0.2, 0) is 4.74 Å². The molecule has 1 saturated heterocycles. The summed E-state index contributed by atoms with van der Waals surface area (Å²) in [5.74, 6) is -2.25. The van der Waals surface area contributed by atoms with Crippen LogP contribution >= 0.6 is 0 Å². The highest BCUT2D eigenvalue weighted by Crippen LogP contribution is 2.43. The van der Waals surface area contributed by atoms with E-state index in [-0.39, 0.29) is 33.8 Å². The summed E-state index contributed by atoms with van der Waals surface area (Å²) in [6.07, 6.45) is -7.24. The van der Waals surface area contributed by atoms with Gasteiger partial charge in [-0.3, -0.25) is 4.79 Å². The number of fused-ring (bicyclic) bond motifs is 1. The van der Waals surface area contributed by atoms with Crippen molar-refractivity contribution in [2.24, 2.45) is 0 Å². The molecular weight excluding hydrogens is 440 g/mol. The highest BCUT2D eigenvalue weighted by Gasteiger charge is 2.44. The van der Waals surface area contributed by atoms with E-state index >= 15 is 0 Å². The molecule has 0 spiro atoms. The molecule has 5 atom stereocenters. The quantitative estimate of drug-likeness (QED) is 0.323. The van der Waals surface area contributed by atoms with Gasteiger partial charge in [0, 0.05) is 11.6 Å². The fraction of sp³-hybridized carbons (Fsp3) is 0.318. The Kier molecular flexibility index (Phi) is 5.80. The van der Waals surface area contributed by atoms with E-state index in [2.05, 4.69) is 0 Å². The van der Waals surface area contributed by atoms with Gasteiger partial charge in [-0.05, 0) is 31.2 Å². The molecule has 4 rings (SSSR count). The number of aromatic hydroxyl groups is 3. The third kappa shape index (κ3) is 3.80. The Labute approximate surface area is 186 Å². The van der Waals surface area contributed by atoms with Crippen LogP contribution in [0.15, 0.2) is 39.5 Å². The average Bonchev–Trinajstić information content (AvgIpc) is 2.78. The number of aliphatic hydroxyl groups excluding tert-OH is 3. The zero-order valence-corrected chi connectivity index (χ0v) is 17.5. The second-order valence-electron chi connectivity index (χ2n) is 7.59. The zero-order chi connectivity index (χ0) is 24.0. The van der Waals surface area contributed by atoms with Gasteiger partial charge in [-0.15, -0.1) is 0 Å². The van der Waals surface area contributed by atoms with Crippen molar-refractivity contribution < 1.29 is 49.3 Å². The molecule has 1 aliphatic heterocycles. The molecule has 11 heteroatoms. The number of hydrogen-bond donors (Lipinski definition) is 6. The van der Waals surface area contributed by atoms with Crippen LogP contribution in [0.4, 0.5) is 0 Å². The van der Waals surface area contributed by atoms with Gasteiger partial charge in [0.05, 0.1) is 13.2 Å². The van der Waals surface area contributed by atoms with Crippen LogP contribution in [-0.4, -0.2) is 68.5 Å². The number of ether oxygens (including phenoxy) is 3. The Morgan fingerprint density at radius 1 is 0.939 bits per heavy atom. The monoisotopic (exact) mass is 462 g/mol. The normalized spacial score (nSPS) is 25.2. The lowest BCUT2D eigenvalue weighted by Crippen LogP contribution is -2.58. The van der Waals surface area contributed by atoms with Gasteiger partial charge < -0.3 is 49.3 Å². The molecule has 0 bridgehead atoms. The fourth-order valence-corrected chi connectivity index (χ4v) is 3.62. The zero-order valence-electron chi connectivity index (χ0n) is 17.5. The minimum Gasteiger partial charge on any atom is -0.508 e. The smallest absolute Gasteiger partial charge is 0.239 e. The molecule has 33 heavy (non-hydrogen) atoms. The van der Waals surface area contributed by atoms with E-state index in [0.29, 0.717) is 0 Å². The molecule has 0 saturated carbocycles. The van der Waals surface area contributed by atoms with Crippen molar-refractivity contribution in [3.63, 3.8) is 0 Å². The number of aliphatic hydroxyl groups is 3. The third-order valence-corrected chi connectivity index (χ3v) is 5.43. The van der Waals surface area contributed by atoms with Crippen LogP contribution in [0, 0.1) is 0 Å². The average molecular weight is 462 g/mol. The van der Waals surface area contributed by atoms with E-state index in [1.807, 2.05) is 0 Å². The number of benzene rings is 2. The molecule has 0 aliphatic carbocycles. The van der Waals surface area contributed by atoms with E-state index in [1.54, 1.807) is 0 Å². The number of hydrogen-bond acceptors (Lipinski definition) is 11. The molecule has 11 nitrogen and oxygen atoms in total. The summed E-state index contributed by atoms with van der Waals surface area (Å²) in [7, 11) is 1.19. The number of phenolic OH excluding ortho intramolecular Hbond substituents is 3. The lowest BCUT2D eigenvalue weighted by molar-refractivity contribution is -0.268. The fourth-order valence-electron chi connectivity index (χ4n) is 3.62. The molecule has 6 N–H and O–H groups in total. The standard InChI is InChI=1S/C22H22O11/c1-8-14(25)17(28)18(29)22(31-8)33-21-16(27)13-12(7-11(24)20(30-2)15(13)26)32-19(21)9-3-5-10(23)6-4-9/h3-8,14,17-18,22-26,28-29H,1-2H3/t8-,14-,17+,18+,22?/m1/s1. The summed E-state index contributed by atoms with van der Waals surface area (Å²) >= 11 is 0. The number of methoxy groups -OCH3 is 1. The first-order valence-electron chi connectivity index (χ1n) is 9.89. The Morgan fingerprint density at radius 3 is 2.24 bits per heavy atom. The molecule has 3 aromatic rings. The Hall–Kier alpha value is -3.51. The van der Waals surface area contributed by atoms with Crippen LogP contribution in [0.1, 0.15) is 6.92 Å². The van der Waals surface area contributed by atoms with E-state index in [4.69, 9.17) is 18.6 Å². The molecule has 1 fully saturated rings. The van der Waals surface area contributed by atoms with E-state index < -0.39 is 53.4 Å². The summed E-state index contributed by atoms with van der Waals surface area (Å²) in [5, 5.41) is 60.2. The maximum Gasteiger partial charge on any atom is 0.239 e. The molecule has 1 aromatic heterocycles. The van der Waals surface area contributed by atoms with Gasteiger partial charge in [0.2, 0.25) is 23.2 Å². The summed E-state index contributed by atoms with van der Waals surface area (Å²) in [6, 6.07) is 6.60. The van der Waals surface area contributed by atoms with Gasteiger partial charge in [-0.2, -0.15) is 0 Å². The van der Waals surface area contributed by atoms with Crippen molar-refractivity contribution in [1.29, 1.82) is 0 Å². The van der Waals surface area contributed by atoms with Gasteiger partial charge in [-0.1, -0.05) is 0 Å². The first-order valence-corrected chi connectivity index (χ1v) is 9.89. The van der Waals surface area contributed by atoms with Gasteiger partial charge in [0.1, 0.15) is 35.0 Å². The van der Waals surface area contributed by atoms with Crippen LogP contribution < -0.4 is 14.9 Å². The third-order valence-electron chi connectivity index (χ3n) is 5.43. The largest absolute Gasteiger partial charge is 0.508 e. The van der Waals surface area contributed by atoms with Crippen molar-refractivity contribution >= 4 is 11.0 Å². The molecule has 1 aliphatic rings. The van der Waals surface area contributed by atoms with Crippen LogP contribution in [0.2, 0.25) is 0 Å². The molecule has 1 unspecified atom stereocenters. The minimum atomic E-state index is -1.72. The summed E-state index contributed by atoms with van der Waals surface area (Å²) in [6.45, 7) is 1.44. The second kappa shape index (κ2) is 8.45. The predicted molar refractivity (Wildman–Crippen MR) is 112 cm³/mol. The molecule has 176 valence electrons. The SMILES string of the molecule is COc1c(O)cc2oc(-c3ccc(O)cc3)c(OC3O[C@H](C)[C@@H](O)[C@H](O)[C@@H]3O)c(=O)c2c1O. The predicted octanol–water partition coefficient (Wildman–Crippen LogP) is 0.792. The molecule has 0 amide bonds. The number of phenols is 3. The van der Waals surface area contributed by atoms with Crippen molar-refractivity contribution in [1.82, 2.24) is 0 Å². The van der Waals surface area contributed by atoms with Crippen molar-refractivity contribution in [3.05, 3.63) is 40.6 Å². The summed E-state index contributed by atoms with van der Waals surface area (Å²) in [4.78, 5) is 13.4. The second-order valence-corrected chi connectivity index (χ2v) is 7.59. The van der Waals surface area contributed by atoms with Crippen molar-refractivity contribution in [2.45, 2.75) is 37.6 Å². The first kappa shape index (κ1) is 22.7. The van der Waals surface area contributed by atoms with Gasteiger partial charge in [0.25, 0.3) is 0 Å². The highest BCUT2D eigenvalue weighted by molar-refractivity contribution is 5.91. The van der Waals surface area contributed by atoms with Crippen LogP contribution in [0.5, 0.6) is 28.7 Å². The Balaban J connectivity index is 1.94. The van der Waals surface area contributed by atoms with E-state index in [1.165, 1.54) is 38.3 Å². The number of rotatable bonds is 4. The minimum absolute atomic E-state index is 0.0543. The summed E-state index contributed by atoms with van der Waals surface area (Å²) in [5.41, 5.74) is -0.810. The van der Waals surface area contributed by atoms with Crippen molar-refractivity contribution in [2.75, 3.05) is 7.11 Å². The Morgan fingerprint density at radius 2 is 1.61 bits per heavy atom.